The molecule has 0 saturated carbocycles. The Kier molecular flexibility index (Phi) is 2.36. The molecule has 1 atom stereocenters. The minimum atomic E-state index is -1.15. The van der Waals surface area contributed by atoms with Crippen molar-refractivity contribution in [2.45, 2.75) is 12.5 Å². The molecule has 0 bridgehead atoms. The Balaban J connectivity index is 2.36. The molecule has 2 N–H and O–H groups in total. The summed E-state index contributed by atoms with van der Waals surface area (Å²) in [5, 5.41) is 0. The Morgan fingerprint density at radius 2 is 2.33 bits per heavy atom. The summed E-state index contributed by atoms with van der Waals surface area (Å²) < 4.78 is 10.3. The zero-order valence-corrected chi connectivity index (χ0v) is 8.53. The van der Waals surface area contributed by atoms with Crippen LogP contribution in [0.25, 0.3) is 0 Å². The van der Waals surface area contributed by atoms with E-state index in [0.29, 0.717) is 17.9 Å². The fraction of sp³-hybridized carbons (Fsp3) is 0.364. The van der Waals surface area contributed by atoms with E-state index < -0.39 is 11.5 Å². The first-order chi connectivity index (χ1) is 7.18. The summed E-state index contributed by atoms with van der Waals surface area (Å²) in [5.74, 6) is 0.225. The molecule has 15 heavy (non-hydrogen) atoms. The Hall–Kier alpha value is -1.55. The molecule has 1 heterocycles. The van der Waals surface area contributed by atoms with Crippen LogP contribution in [0.3, 0.4) is 0 Å². The topological polar surface area (TPSA) is 61.5 Å². The van der Waals surface area contributed by atoms with Gasteiger partial charge in [-0.15, -0.1) is 0 Å². The second-order valence-corrected chi connectivity index (χ2v) is 3.48. The number of hydrogen-bond donors (Lipinski definition) is 1. The van der Waals surface area contributed by atoms with Crippen molar-refractivity contribution in [1.82, 2.24) is 0 Å². The first-order valence-corrected chi connectivity index (χ1v) is 4.87. The predicted molar refractivity (Wildman–Crippen MR) is 54.4 cm³/mol. The molecule has 0 fully saturated rings. The fourth-order valence-corrected chi connectivity index (χ4v) is 1.66. The molecule has 0 amide bonds. The number of nitrogens with two attached hydrogens (primary N) is 1. The Morgan fingerprint density at radius 3 is 3.07 bits per heavy atom. The minimum absolute atomic E-state index is 0.144. The summed E-state index contributed by atoms with van der Waals surface area (Å²) in [6.45, 7) is 2.22. The van der Waals surface area contributed by atoms with Crippen LogP contribution in [0.4, 0.5) is 0 Å². The van der Waals surface area contributed by atoms with Gasteiger partial charge in [-0.3, -0.25) is 0 Å². The summed E-state index contributed by atoms with van der Waals surface area (Å²) in [5.41, 5.74) is 5.55. The van der Waals surface area contributed by atoms with Crippen LogP contribution in [0.1, 0.15) is 12.5 Å². The smallest absolute Gasteiger partial charge is 0.334 e. The van der Waals surface area contributed by atoms with E-state index in [-0.39, 0.29) is 6.61 Å². The van der Waals surface area contributed by atoms with E-state index in [2.05, 4.69) is 0 Å². The van der Waals surface area contributed by atoms with Crippen LogP contribution < -0.4 is 10.5 Å². The van der Waals surface area contributed by atoms with Gasteiger partial charge in [0.1, 0.15) is 12.4 Å². The molecule has 0 radical (unpaired) electrons. The average Bonchev–Trinajstić information content (AvgIpc) is 2.59. The van der Waals surface area contributed by atoms with Gasteiger partial charge in [0.15, 0.2) is 5.54 Å². The number of esters is 1. The van der Waals surface area contributed by atoms with Gasteiger partial charge in [0.2, 0.25) is 0 Å². The van der Waals surface area contributed by atoms with Gasteiger partial charge in [0, 0.05) is 5.56 Å². The molecule has 1 aromatic carbocycles. The molecule has 1 aromatic rings. The SMILES string of the molecule is CCOC(=O)C1(N)COc2ccccc21. The zero-order valence-electron chi connectivity index (χ0n) is 8.53. The first-order valence-electron chi connectivity index (χ1n) is 4.87. The first kappa shape index (κ1) is 9.98. The molecule has 2 rings (SSSR count). The molecule has 1 aliphatic heterocycles. The van der Waals surface area contributed by atoms with Crippen molar-refractivity contribution < 1.29 is 14.3 Å². The highest BCUT2D eigenvalue weighted by Crippen LogP contribution is 2.35. The maximum atomic E-state index is 11.7. The largest absolute Gasteiger partial charge is 0.490 e. The van der Waals surface area contributed by atoms with Crippen molar-refractivity contribution in [3.8, 4) is 5.75 Å². The summed E-state index contributed by atoms with van der Waals surface area (Å²) in [6.07, 6.45) is 0. The summed E-state index contributed by atoms with van der Waals surface area (Å²) in [6, 6.07) is 7.26. The molecule has 80 valence electrons. The third kappa shape index (κ3) is 1.47. The molecule has 4 heteroatoms. The lowest BCUT2D eigenvalue weighted by atomic mass is 9.93. The van der Waals surface area contributed by atoms with Gasteiger partial charge >= 0.3 is 5.97 Å². The molecular formula is C11H13NO3. The lowest BCUT2D eigenvalue weighted by Crippen LogP contribution is -2.47. The number of benzene rings is 1. The van der Waals surface area contributed by atoms with Crippen LogP contribution in [-0.2, 0) is 15.1 Å². The third-order valence-electron chi connectivity index (χ3n) is 2.46. The summed E-state index contributed by atoms with van der Waals surface area (Å²) >= 11 is 0. The molecule has 0 spiro atoms. The van der Waals surface area contributed by atoms with E-state index in [1.54, 1.807) is 19.1 Å². The molecule has 0 saturated heterocycles. The van der Waals surface area contributed by atoms with Crippen molar-refractivity contribution in [3.05, 3.63) is 29.8 Å². The van der Waals surface area contributed by atoms with E-state index in [1.165, 1.54) is 0 Å². The zero-order chi connectivity index (χ0) is 10.9. The highest BCUT2D eigenvalue weighted by Gasteiger charge is 2.45. The fourth-order valence-electron chi connectivity index (χ4n) is 1.66. The van der Waals surface area contributed by atoms with E-state index in [0.717, 1.165) is 0 Å². The lowest BCUT2D eigenvalue weighted by Gasteiger charge is -2.19. The predicted octanol–water partition coefficient (Wildman–Crippen LogP) is 0.796. The summed E-state index contributed by atoms with van der Waals surface area (Å²) in [4.78, 5) is 11.7. The normalized spacial score (nSPS) is 23.1. The Labute approximate surface area is 88.0 Å². The van der Waals surface area contributed by atoms with Crippen molar-refractivity contribution >= 4 is 5.97 Å². The van der Waals surface area contributed by atoms with E-state index >= 15 is 0 Å². The second kappa shape index (κ2) is 3.55. The maximum absolute atomic E-state index is 11.7. The number of rotatable bonds is 2. The van der Waals surface area contributed by atoms with Gasteiger partial charge in [0.25, 0.3) is 0 Å². The molecule has 0 aliphatic carbocycles. The molecular weight excluding hydrogens is 194 g/mol. The van der Waals surface area contributed by atoms with Gasteiger partial charge in [-0.05, 0) is 13.0 Å². The van der Waals surface area contributed by atoms with Crippen LogP contribution >= 0.6 is 0 Å². The van der Waals surface area contributed by atoms with Crippen molar-refractivity contribution in [1.29, 1.82) is 0 Å². The monoisotopic (exact) mass is 207 g/mol. The number of para-hydroxylation sites is 1. The standard InChI is InChI=1S/C11H13NO3/c1-2-14-10(13)11(12)7-15-9-6-4-3-5-8(9)11/h3-6H,2,7,12H2,1H3. The van der Waals surface area contributed by atoms with Crippen LogP contribution in [0.2, 0.25) is 0 Å². The van der Waals surface area contributed by atoms with Gasteiger partial charge < -0.3 is 15.2 Å². The van der Waals surface area contributed by atoms with Crippen molar-refractivity contribution in [2.75, 3.05) is 13.2 Å². The van der Waals surface area contributed by atoms with Crippen LogP contribution in [0, 0.1) is 0 Å². The van der Waals surface area contributed by atoms with Crippen LogP contribution in [0.5, 0.6) is 5.75 Å². The van der Waals surface area contributed by atoms with Gasteiger partial charge in [-0.2, -0.15) is 0 Å². The highest BCUT2D eigenvalue weighted by molar-refractivity contribution is 5.84. The minimum Gasteiger partial charge on any atom is -0.490 e. The van der Waals surface area contributed by atoms with Crippen molar-refractivity contribution in [2.24, 2.45) is 5.73 Å². The third-order valence-corrected chi connectivity index (χ3v) is 2.46. The van der Waals surface area contributed by atoms with E-state index in [9.17, 15) is 4.79 Å². The number of fused-ring (bicyclic) bond motifs is 1. The lowest BCUT2D eigenvalue weighted by molar-refractivity contribution is -0.150. The Morgan fingerprint density at radius 1 is 1.60 bits per heavy atom. The Bertz CT molecular complexity index is 391. The van der Waals surface area contributed by atoms with Crippen LogP contribution in [-0.4, -0.2) is 19.2 Å². The average molecular weight is 207 g/mol. The summed E-state index contributed by atoms with van der Waals surface area (Å²) in [7, 11) is 0. The number of ether oxygens (including phenoxy) is 2. The second-order valence-electron chi connectivity index (χ2n) is 3.48. The number of hydrogen-bond acceptors (Lipinski definition) is 4. The van der Waals surface area contributed by atoms with Crippen molar-refractivity contribution in [3.63, 3.8) is 0 Å². The maximum Gasteiger partial charge on any atom is 0.334 e. The quantitative estimate of drug-likeness (QED) is 0.728. The molecule has 4 nitrogen and oxygen atoms in total. The van der Waals surface area contributed by atoms with E-state index in [1.807, 2.05) is 12.1 Å². The molecule has 1 aliphatic rings. The van der Waals surface area contributed by atoms with Gasteiger partial charge in [-0.25, -0.2) is 4.79 Å². The highest BCUT2D eigenvalue weighted by atomic mass is 16.5. The molecule has 1 unspecified atom stereocenters. The number of carbonyl (C=O) groups is 1. The van der Waals surface area contributed by atoms with Gasteiger partial charge in [0.05, 0.1) is 6.61 Å². The van der Waals surface area contributed by atoms with E-state index in [4.69, 9.17) is 15.2 Å². The molecule has 0 aromatic heterocycles. The van der Waals surface area contributed by atoms with Gasteiger partial charge in [-0.1, -0.05) is 18.2 Å². The number of carbonyl (C=O) groups excluding carboxylic acids is 1. The van der Waals surface area contributed by atoms with Crippen LogP contribution in [0.15, 0.2) is 24.3 Å².